The van der Waals surface area contributed by atoms with Crippen LogP contribution >= 0.6 is 34.8 Å². The van der Waals surface area contributed by atoms with E-state index in [0.29, 0.717) is 18.7 Å². The van der Waals surface area contributed by atoms with Crippen molar-refractivity contribution in [3.05, 3.63) is 39.4 Å². The number of H-pyrrole nitrogens is 1. The first-order valence-electron chi connectivity index (χ1n) is 5.88. The van der Waals surface area contributed by atoms with Crippen LogP contribution in [0.15, 0.2) is 23.4 Å². The predicted octanol–water partition coefficient (Wildman–Crippen LogP) is 2.68. The molecule has 0 bridgehead atoms. The molecule has 2 aromatic rings. The first-order valence-corrected chi connectivity index (χ1v) is 8.50. The van der Waals surface area contributed by atoms with Crippen molar-refractivity contribution in [2.24, 2.45) is 0 Å². The summed E-state index contributed by atoms with van der Waals surface area (Å²) in [6.07, 6.45) is 2.52. The van der Waals surface area contributed by atoms with Crippen LogP contribution in [0.4, 0.5) is 0 Å². The predicted molar refractivity (Wildman–Crippen MR) is 81.4 cm³/mol. The molecule has 0 aliphatic rings. The van der Waals surface area contributed by atoms with Gasteiger partial charge in [0.2, 0.25) is 10.0 Å². The molecule has 1 aromatic heterocycles. The minimum absolute atomic E-state index is 0.0183. The molecule has 1 heterocycles. The first kappa shape index (κ1) is 16.5. The molecular weight excluding hydrogens is 359 g/mol. The van der Waals surface area contributed by atoms with Gasteiger partial charge in [-0.2, -0.15) is 5.10 Å². The lowest BCUT2D eigenvalue weighted by atomic mass is 10.3. The summed E-state index contributed by atoms with van der Waals surface area (Å²) in [4.78, 5) is 3.77. The second-order valence-corrected chi connectivity index (χ2v) is 7.09. The van der Waals surface area contributed by atoms with Gasteiger partial charge in [0.15, 0.2) is 0 Å². The Morgan fingerprint density at radius 2 is 1.86 bits per heavy atom. The lowest BCUT2D eigenvalue weighted by Crippen LogP contribution is -2.25. The van der Waals surface area contributed by atoms with Gasteiger partial charge in [0.05, 0.1) is 10.0 Å². The number of aromatic nitrogens is 3. The standard InChI is InChI=1S/C11H11Cl3N4O2S/c12-7-4-8(13)11(9(14)5-7)21(19,20)17-3-1-2-10-15-6-16-18-10/h4-6,17H,1-3H2,(H,15,16,18). The molecule has 0 amide bonds. The highest BCUT2D eigenvalue weighted by molar-refractivity contribution is 7.89. The van der Waals surface area contributed by atoms with Gasteiger partial charge < -0.3 is 0 Å². The number of aromatic amines is 1. The number of benzene rings is 1. The van der Waals surface area contributed by atoms with Crippen molar-refractivity contribution >= 4 is 44.8 Å². The van der Waals surface area contributed by atoms with Gasteiger partial charge in [-0.15, -0.1) is 0 Å². The fourth-order valence-corrected chi connectivity index (χ4v) is 4.29. The minimum atomic E-state index is -3.80. The number of sulfonamides is 1. The lowest BCUT2D eigenvalue weighted by molar-refractivity contribution is 0.578. The SMILES string of the molecule is O=S(=O)(NCCCc1ncn[nH]1)c1c(Cl)cc(Cl)cc1Cl. The third-order valence-electron chi connectivity index (χ3n) is 2.58. The van der Waals surface area contributed by atoms with Crippen LogP contribution in [0.2, 0.25) is 15.1 Å². The third-order valence-corrected chi connectivity index (χ3v) is 5.18. The van der Waals surface area contributed by atoms with Gasteiger partial charge in [-0.25, -0.2) is 18.1 Å². The maximum Gasteiger partial charge on any atom is 0.243 e. The number of halogens is 3. The van der Waals surface area contributed by atoms with E-state index >= 15 is 0 Å². The largest absolute Gasteiger partial charge is 0.263 e. The Bertz CT molecular complexity index is 696. The van der Waals surface area contributed by atoms with Crippen LogP contribution in [0.3, 0.4) is 0 Å². The normalized spacial score (nSPS) is 11.8. The van der Waals surface area contributed by atoms with E-state index in [9.17, 15) is 8.42 Å². The van der Waals surface area contributed by atoms with Crippen molar-refractivity contribution in [1.82, 2.24) is 19.9 Å². The van der Waals surface area contributed by atoms with Gasteiger partial charge in [0.25, 0.3) is 0 Å². The second-order valence-electron chi connectivity index (χ2n) is 4.13. The highest BCUT2D eigenvalue weighted by Crippen LogP contribution is 2.32. The van der Waals surface area contributed by atoms with E-state index < -0.39 is 10.0 Å². The number of aryl methyl sites for hydroxylation is 1. The van der Waals surface area contributed by atoms with Crippen molar-refractivity contribution in [1.29, 1.82) is 0 Å². The Labute approximate surface area is 136 Å². The summed E-state index contributed by atoms with van der Waals surface area (Å²) in [5.41, 5.74) is 0. The summed E-state index contributed by atoms with van der Waals surface area (Å²) in [6, 6.07) is 2.66. The van der Waals surface area contributed by atoms with E-state index in [-0.39, 0.29) is 26.5 Å². The number of hydrogen-bond donors (Lipinski definition) is 2. The summed E-state index contributed by atoms with van der Waals surface area (Å²) >= 11 is 17.6. The maximum absolute atomic E-state index is 12.2. The fraction of sp³-hybridized carbons (Fsp3) is 0.273. The van der Waals surface area contributed by atoms with E-state index in [4.69, 9.17) is 34.8 Å². The lowest BCUT2D eigenvalue weighted by Gasteiger charge is -2.10. The highest BCUT2D eigenvalue weighted by Gasteiger charge is 2.21. The van der Waals surface area contributed by atoms with Gasteiger partial charge in [-0.1, -0.05) is 34.8 Å². The zero-order valence-electron chi connectivity index (χ0n) is 10.6. The van der Waals surface area contributed by atoms with Crippen LogP contribution < -0.4 is 4.72 Å². The number of hydrogen-bond acceptors (Lipinski definition) is 4. The summed E-state index contributed by atoms with van der Waals surface area (Å²) in [5, 5.41) is 6.64. The third kappa shape index (κ3) is 4.31. The average molecular weight is 370 g/mol. The van der Waals surface area contributed by atoms with Crippen LogP contribution in [-0.4, -0.2) is 30.1 Å². The van der Waals surface area contributed by atoms with Crippen molar-refractivity contribution in [3.63, 3.8) is 0 Å². The molecule has 0 radical (unpaired) electrons. The molecule has 2 rings (SSSR count). The van der Waals surface area contributed by atoms with Crippen molar-refractivity contribution in [2.45, 2.75) is 17.7 Å². The molecule has 0 aliphatic carbocycles. The fourth-order valence-electron chi connectivity index (χ4n) is 1.67. The van der Waals surface area contributed by atoms with E-state index in [1.807, 2.05) is 0 Å². The molecule has 114 valence electrons. The molecule has 1 aromatic carbocycles. The molecule has 21 heavy (non-hydrogen) atoms. The summed E-state index contributed by atoms with van der Waals surface area (Å²) < 4.78 is 26.8. The molecule has 10 heteroatoms. The van der Waals surface area contributed by atoms with Crippen molar-refractivity contribution < 1.29 is 8.42 Å². The van der Waals surface area contributed by atoms with Crippen molar-refractivity contribution in [2.75, 3.05) is 6.54 Å². The van der Waals surface area contributed by atoms with Gasteiger partial charge in [-0.05, 0) is 18.6 Å². The molecule has 0 saturated carbocycles. The molecule has 0 fully saturated rings. The van der Waals surface area contributed by atoms with Crippen LogP contribution in [0.25, 0.3) is 0 Å². The van der Waals surface area contributed by atoms with Crippen LogP contribution in [0.5, 0.6) is 0 Å². The van der Waals surface area contributed by atoms with E-state index in [1.54, 1.807) is 0 Å². The molecular formula is C11H11Cl3N4O2S. The molecule has 6 nitrogen and oxygen atoms in total. The Morgan fingerprint density at radius 1 is 1.19 bits per heavy atom. The smallest absolute Gasteiger partial charge is 0.243 e. The van der Waals surface area contributed by atoms with E-state index in [1.165, 1.54) is 18.5 Å². The molecule has 2 N–H and O–H groups in total. The molecule has 0 unspecified atom stereocenters. The van der Waals surface area contributed by atoms with Gasteiger partial charge >= 0.3 is 0 Å². The number of nitrogens with one attached hydrogen (secondary N) is 2. The minimum Gasteiger partial charge on any atom is -0.263 e. The quantitative estimate of drug-likeness (QED) is 0.766. The van der Waals surface area contributed by atoms with Crippen LogP contribution in [0.1, 0.15) is 12.2 Å². The van der Waals surface area contributed by atoms with Gasteiger partial charge in [-0.3, -0.25) is 5.10 Å². The van der Waals surface area contributed by atoms with Crippen molar-refractivity contribution in [3.8, 4) is 0 Å². The van der Waals surface area contributed by atoms with Gasteiger partial charge in [0, 0.05) is 18.0 Å². The number of rotatable bonds is 6. The average Bonchev–Trinajstić information content (AvgIpc) is 2.86. The van der Waals surface area contributed by atoms with Gasteiger partial charge in [0.1, 0.15) is 17.0 Å². The highest BCUT2D eigenvalue weighted by atomic mass is 35.5. The molecule has 0 spiro atoms. The Kier molecular flexibility index (Phi) is 5.45. The maximum atomic E-state index is 12.2. The summed E-state index contributed by atoms with van der Waals surface area (Å²) in [7, 11) is -3.80. The van der Waals surface area contributed by atoms with Crippen LogP contribution in [0, 0.1) is 0 Å². The summed E-state index contributed by atoms with van der Waals surface area (Å²) in [6.45, 7) is 0.221. The zero-order chi connectivity index (χ0) is 15.5. The first-order chi connectivity index (χ1) is 9.90. The topological polar surface area (TPSA) is 87.7 Å². The second kappa shape index (κ2) is 6.93. The summed E-state index contributed by atoms with van der Waals surface area (Å²) in [5.74, 6) is 0.691. The molecule has 0 saturated heterocycles. The Morgan fingerprint density at radius 3 is 2.43 bits per heavy atom. The Hall–Kier alpha value is -0.860. The zero-order valence-corrected chi connectivity index (χ0v) is 13.7. The number of nitrogens with zero attached hydrogens (tertiary/aromatic N) is 2. The molecule has 0 aliphatic heterocycles. The molecule has 0 atom stereocenters. The van der Waals surface area contributed by atoms with Crippen LogP contribution in [-0.2, 0) is 16.4 Å². The Balaban J connectivity index is 2.02. The monoisotopic (exact) mass is 368 g/mol. The van der Waals surface area contributed by atoms with E-state index in [0.717, 1.165) is 0 Å². The van der Waals surface area contributed by atoms with E-state index in [2.05, 4.69) is 19.9 Å².